The lowest BCUT2D eigenvalue weighted by Gasteiger charge is -2.33. The van der Waals surface area contributed by atoms with E-state index in [9.17, 15) is 18.0 Å². The Labute approximate surface area is 235 Å². The fraction of sp³-hybridized carbons (Fsp3) is 0.310. The molecule has 0 saturated carbocycles. The van der Waals surface area contributed by atoms with Crippen LogP contribution in [-0.2, 0) is 26.2 Å². The van der Waals surface area contributed by atoms with Gasteiger partial charge in [-0.05, 0) is 48.4 Å². The third-order valence-electron chi connectivity index (χ3n) is 6.41. The Morgan fingerprint density at radius 2 is 1.50 bits per heavy atom. The van der Waals surface area contributed by atoms with Crippen LogP contribution in [0, 0.1) is 0 Å². The van der Waals surface area contributed by atoms with Gasteiger partial charge in [0.05, 0.1) is 31.9 Å². The Balaban J connectivity index is 2.12. The van der Waals surface area contributed by atoms with Gasteiger partial charge in [0.2, 0.25) is 11.8 Å². The summed E-state index contributed by atoms with van der Waals surface area (Å²) in [4.78, 5) is 28.3. The first-order valence-corrected chi connectivity index (χ1v) is 14.1. The summed E-state index contributed by atoms with van der Waals surface area (Å²) in [6.07, 6.45) is 0.315. The molecular weight excluding hydrogens is 534 g/mol. The molecule has 214 valence electrons. The molecule has 0 aliphatic rings. The molecule has 1 unspecified atom stereocenters. The van der Waals surface area contributed by atoms with Gasteiger partial charge in [-0.2, -0.15) is 0 Å². The second-order valence-electron chi connectivity index (χ2n) is 8.77. The van der Waals surface area contributed by atoms with Crippen LogP contribution in [0.3, 0.4) is 0 Å². The second kappa shape index (κ2) is 13.7. The minimum Gasteiger partial charge on any atom is -0.497 e. The average Bonchev–Trinajstić information content (AvgIpc) is 2.99. The maximum absolute atomic E-state index is 14.1. The maximum Gasteiger partial charge on any atom is 0.264 e. The normalized spacial score (nSPS) is 11.7. The summed E-state index contributed by atoms with van der Waals surface area (Å²) in [5, 5.41) is 2.61. The van der Waals surface area contributed by atoms with Crippen LogP contribution in [0.15, 0.2) is 77.7 Å². The van der Waals surface area contributed by atoms with Crippen LogP contribution in [0.2, 0.25) is 0 Å². The van der Waals surface area contributed by atoms with Crippen molar-refractivity contribution in [2.75, 3.05) is 39.2 Å². The van der Waals surface area contributed by atoms with Crippen LogP contribution in [0.5, 0.6) is 17.2 Å². The molecule has 3 rings (SSSR count). The SMILES string of the molecule is CCC(C(=O)NC)N(Cc1ccc(OC)cc1)C(=O)CN(c1cc(OC)ccc1OC)S(=O)(=O)c1ccccc1. The van der Waals surface area contributed by atoms with Gasteiger partial charge in [-0.3, -0.25) is 13.9 Å². The van der Waals surface area contributed by atoms with E-state index in [-0.39, 0.29) is 28.8 Å². The summed E-state index contributed by atoms with van der Waals surface area (Å²) in [7, 11) is 1.67. The van der Waals surface area contributed by atoms with E-state index >= 15 is 0 Å². The number of hydrogen-bond donors (Lipinski definition) is 1. The quantitative estimate of drug-likeness (QED) is 0.335. The number of hydrogen-bond acceptors (Lipinski definition) is 7. The lowest BCUT2D eigenvalue weighted by Crippen LogP contribution is -2.51. The third-order valence-corrected chi connectivity index (χ3v) is 8.18. The largest absolute Gasteiger partial charge is 0.497 e. The van der Waals surface area contributed by atoms with Gasteiger partial charge in [-0.15, -0.1) is 0 Å². The number of ether oxygens (including phenoxy) is 3. The molecule has 1 atom stereocenters. The number of likely N-dealkylation sites (N-methyl/N-ethyl adjacent to an activating group) is 1. The second-order valence-corrected chi connectivity index (χ2v) is 10.6. The van der Waals surface area contributed by atoms with Crippen molar-refractivity contribution in [3.63, 3.8) is 0 Å². The summed E-state index contributed by atoms with van der Waals surface area (Å²) in [5.41, 5.74) is 0.865. The zero-order chi connectivity index (χ0) is 29.3. The number of nitrogens with zero attached hydrogens (tertiary/aromatic N) is 2. The highest BCUT2D eigenvalue weighted by atomic mass is 32.2. The summed E-state index contributed by atoms with van der Waals surface area (Å²) in [5.74, 6) is 0.318. The third kappa shape index (κ3) is 6.84. The first kappa shape index (κ1) is 30.3. The van der Waals surface area contributed by atoms with Crippen LogP contribution in [0.1, 0.15) is 18.9 Å². The van der Waals surface area contributed by atoms with E-state index in [2.05, 4.69) is 5.32 Å². The fourth-order valence-electron chi connectivity index (χ4n) is 4.24. The topological polar surface area (TPSA) is 114 Å². The molecule has 0 aliphatic carbocycles. The highest BCUT2D eigenvalue weighted by molar-refractivity contribution is 7.92. The molecule has 3 aromatic rings. The first-order chi connectivity index (χ1) is 19.2. The average molecular weight is 570 g/mol. The predicted octanol–water partition coefficient (Wildman–Crippen LogP) is 3.46. The minimum atomic E-state index is -4.25. The number of anilines is 1. The molecule has 11 heteroatoms. The van der Waals surface area contributed by atoms with E-state index in [0.717, 1.165) is 9.87 Å². The van der Waals surface area contributed by atoms with Gasteiger partial charge in [0.25, 0.3) is 10.0 Å². The standard InChI is InChI=1S/C29H35N3O7S/c1-6-25(29(34)30-2)31(19-21-12-14-22(37-3)15-13-21)28(33)20-32(40(35,36)24-10-8-7-9-11-24)26-18-23(38-4)16-17-27(26)39-5/h7-18,25H,6,19-20H2,1-5H3,(H,30,34). The molecule has 0 saturated heterocycles. The van der Waals surface area contributed by atoms with Gasteiger partial charge in [0.1, 0.15) is 29.8 Å². The van der Waals surface area contributed by atoms with E-state index in [1.54, 1.807) is 68.6 Å². The predicted molar refractivity (Wildman–Crippen MR) is 152 cm³/mol. The van der Waals surface area contributed by atoms with Crippen LogP contribution in [0.4, 0.5) is 5.69 Å². The first-order valence-electron chi connectivity index (χ1n) is 12.6. The Morgan fingerprint density at radius 1 is 0.875 bits per heavy atom. The molecule has 40 heavy (non-hydrogen) atoms. The lowest BCUT2D eigenvalue weighted by atomic mass is 10.1. The van der Waals surface area contributed by atoms with Crippen molar-refractivity contribution in [3.8, 4) is 17.2 Å². The zero-order valence-corrected chi connectivity index (χ0v) is 24.1. The van der Waals surface area contributed by atoms with Gasteiger partial charge >= 0.3 is 0 Å². The summed E-state index contributed by atoms with van der Waals surface area (Å²) in [6, 6.07) is 18.8. The van der Waals surface area contributed by atoms with Gasteiger partial charge < -0.3 is 24.4 Å². The molecule has 10 nitrogen and oxygen atoms in total. The number of benzene rings is 3. The monoisotopic (exact) mass is 569 g/mol. The van der Waals surface area contributed by atoms with Gasteiger partial charge in [0.15, 0.2) is 0 Å². The fourth-order valence-corrected chi connectivity index (χ4v) is 5.68. The smallest absolute Gasteiger partial charge is 0.264 e. The number of sulfonamides is 1. The summed E-state index contributed by atoms with van der Waals surface area (Å²) >= 11 is 0. The Hall–Kier alpha value is -4.25. The molecule has 0 spiro atoms. The molecule has 0 bridgehead atoms. The maximum atomic E-state index is 14.1. The van der Waals surface area contributed by atoms with E-state index in [4.69, 9.17) is 14.2 Å². The molecular formula is C29H35N3O7S. The highest BCUT2D eigenvalue weighted by Crippen LogP contribution is 2.36. The van der Waals surface area contributed by atoms with Gasteiger partial charge in [-0.1, -0.05) is 37.3 Å². The van der Waals surface area contributed by atoms with E-state index < -0.39 is 28.5 Å². The van der Waals surface area contributed by atoms with Crippen molar-refractivity contribution >= 4 is 27.5 Å². The minimum absolute atomic E-state index is 0.00674. The lowest BCUT2D eigenvalue weighted by molar-refractivity contribution is -0.140. The van der Waals surface area contributed by atoms with Gasteiger partial charge in [-0.25, -0.2) is 8.42 Å². The molecule has 1 N–H and O–H groups in total. The molecule has 2 amide bonds. The number of carbonyl (C=O) groups is 2. The number of carbonyl (C=O) groups excluding carboxylic acids is 2. The number of methoxy groups -OCH3 is 3. The summed E-state index contributed by atoms with van der Waals surface area (Å²) in [6.45, 7) is 1.27. The van der Waals surface area contributed by atoms with Crippen molar-refractivity contribution in [1.29, 1.82) is 0 Å². The van der Waals surface area contributed by atoms with Crippen LogP contribution < -0.4 is 23.8 Å². The molecule has 0 heterocycles. The molecule has 0 fully saturated rings. The highest BCUT2D eigenvalue weighted by Gasteiger charge is 2.34. The number of rotatable bonds is 13. The van der Waals surface area contributed by atoms with Crippen molar-refractivity contribution < 1.29 is 32.2 Å². The molecule has 0 aromatic heterocycles. The number of nitrogens with one attached hydrogen (secondary N) is 1. The van der Waals surface area contributed by atoms with E-state index in [1.165, 1.54) is 44.4 Å². The van der Waals surface area contributed by atoms with Crippen LogP contribution in [-0.4, -0.2) is 66.1 Å². The summed E-state index contributed by atoms with van der Waals surface area (Å²) < 4.78 is 45.0. The zero-order valence-electron chi connectivity index (χ0n) is 23.3. The van der Waals surface area contributed by atoms with Crippen LogP contribution in [0.25, 0.3) is 0 Å². The van der Waals surface area contributed by atoms with E-state index in [0.29, 0.717) is 17.9 Å². The Bertz CT molecular complexity index is 1400. The number of amides is 2. The van der Waals surface area contributed by atoms with Crippen molar-refractivity contribution in [2.45, 2.75) is 30.8 Å². The Kier molecular flexibility index (Phi) is 10.4. The van der Waals surface area contributed by atoms with Crippen molar-refractivity contribution in [2.24, 2.45) is 0 Å². The van der Waals surface area contributed by atoms with Crippen molar-refractivity contribution in [3.05, 3.63) is 78.4 Å². The van der Waals surface area contributed by atoms with Gasteiger partial charge in [0, 0.05) is 19.7 Å². The Morgan fingerprint density at radius 3 is 2.05 bits per heavy atom. The van der Waals surface area contributed by atoms with Crippen molar-refractivity contribution in [1.82, 2.24) is 10.2 Å². The molecule has 0 radical (unpaired) electrons. The van der Waals surface area contributed by atoms with E-state index in [1.807, 2.05) is 0 Å². The molecule has 3 aromatic carbocycles. The van der Waals surface area contributed by atoms with Crippen LogP contribution >= 0.6 is 0 Å². The molecule has 0 aliphatic heterocycles.